The average Bonchev–Trinajstić information content (AvgIpc) is 2.64. The summed E-state index contributed by atoms with van der Waals surface area (Å²) in [7, 11) is 0. The van der Waals surface area contributed by atoms with Gasteiger partial charge in [0.1, 0.15) is 5.75 Å². The van der Waals surface area contributed by atoms with Gasteiger partial charge in [0.15, 0.2) is 6.61 Å². The zero-order chi connectivity index (χ0) is 17.6. The van der Waals surface area contributed by atoms with Gasteiger partial charge in [0, 0.05) is 12.6 Å². The molecule has 25 heavy (non-hydrogen) atoms. The van der Waals surface area contributed by atoms with Gasteiger partial charge in [0.25, 0.3) is 5.91 Å². The van der Waals surface area contributed by atoms with Gasteiger partial charge in [-0.25, -0.2) is 0 Å². The quantitative estimate of drug-likeness (QED) is 0.725. The lowest BCUT2D eigenvalue weighted by Crippen LogP contribution is -2.31. The largest absolute Gasteiger partial charge is 0.482 e. The third-order valence-corrected chi connectivity index (χ3v) is 4.39. The van der Waals surface area contributed by atoms with Crippen molar-refractivity contribution in [2.24, 2.45) is 0 Å². The number of carbonyl (C=O) groups is 1. The maximum atomic E-state index is 11.4. The van der Waals surface area contributed by atoms with Crippen molar-refractivity contribution in [1.82, 2.24) is 5.32 Å². The molecule has 3 N–H and O–H groups in total. The topological polar surface area (TPSA) is 70.6 Å². The van der Waals surface area contributed by atoms with Crippen molar-refractivity contribution in [1.29, 1.82) is 0 Å². The average molecular weight is 340 g/mol. The van der Waals surface area contributed by atoms with Crippen molar-refractivity contribution < 1.29 is 14.6 Å². The first-order valence-corrected chi connectivity index (χ1v) is 8.64. The van der Waals surface area contributed by atoms with E-state index in [1.165, 1.54) is 5.56 Å². The Labute approximate surface area is 148 Å². The van der Waals surface area contributed by atoms with E-state index >= 15 is 0 Å². The molecule has 132 valence electrons. The molecule has 2 unspecified atom stereocenters. The maximum Gasteiger partial charge on any atom is 0.262 e. The number of anilines is 1. The van der Waals surface area contributed by atoms with Gasteiger partial charge in [0.05, 0.1) is 11.8 Å². The molecule has 0 radical (unpaired) electrons. The van der Waals surface area contributed by atoms with Crippen LogP contribution < -0.4 is 15.4 Å². The highest BCUT2D eigenvalue weighted by atomic mass is 16.5. The summed E-state index contributed by atoms with van der Waals surface area (Å²) in [5.74, 6) is 0.464. The number of ether oxygens (including phenoxy) is 1. The van der Waals surface area contributed by atoms with Crippen molar-refractivity contribution in [3.8, 4) is 5.75 Å². The minimum Gasteiger partial charge on any atom is -0.482 e. The van der Waals surface area contributed by atoms with E-state index in [0.29, 0.717) is 24.0 Å². The number of hydrogen-bond acceptors (Lipinski definition) is 4. The SMILES string of the molecule is CC(CCc1ccccc1)NCC(O)c1ccc2c(c1)NC(=O)CO2. The van der Waals surface area contributed by atoms with Crippen molar-refractivity contribution in [3.05, 3.63) is 59.7 Å². The molecule has 2 aromatic carbocycles. The lowest BCUT2D eigenvalue weighted by Gasteiger charge is -2.21. The van der Waals surface area contributed by atoms with Gasteiger partial charge in [-0.05, 0) is 43.0 Å². The van der Waals surface area contributed by atoms with Crippen LogP contribution in [0, 0.1) is 0 Å². The predicted octanol–water partition coefficient (Wildman–Crippen LogP) is 2.66. The Morgan fingerprint density at radius 3 is 2.84 bits per heavy atom. The number of aliphatic hydroxyl groups is 1. The molecule has 5 nitrogen and oxygen atoms in total. The van der Waals surface area contributed by atoms with Crippen LogP contribution in [0.1, 0.15) is 30.6 Å². The summed E-state index contributed by atoms with van der Waals surface area (Å²) >= 11 is 0. The molecule has 1 heterocycles. The zero-order valence-electron chi connectivity index (χ0n) is 14.4. The highest BCUT2D eigenvalue weighted by molar-refractivity contribution is 5.95. The third-order valence-electron chi connectivity index (χ3n) is 4.39. The van der Waals surface area contributed by atoms with E-state index in [4.69, 9.17) is 4.74 Å². The van der Waals surface area contributed by atoms with Crippen LogP contribution in [0.5, 0.6) is 5.75 Å². The summed E-state index contributed by atoms with van der Waals surface area (Å²) in [6.45, 7) is 2.62. The Bertz CT molecular complexity index is 718. The number of fused-ring (bicyclic) bond motifs is 1. The summed E-state index contributed by atoms with van der Waals surface area (Å²) in [6, 6.07) is 16.1. The molecular weight excluding hydrogens is 316 g/mol. The van der Waals surface area contributed by atoms with Crippen LogP contribution in [0.3, 0.4) is 0 Å². The molecule has 0 aromatic heterocycles. The van der Waals surface area contributed by atoms with Gasteiger partial charge in [-0.1, -0.05) is 36.4 Å². The normalized spacial score (nSPS) is 15.7. The molecule has 2 atom stereocenters. The second-order valence-electron chi connectivity index (χ2n) is 6.44. The summed E-state index contributed by atoms with van der Waals surface area (Å²) < 4.78 is 5.33. The van der Waals surface area contributed by atoms with E-state index < -0.39 is 6.10 Å². The van der Waals surface area contributed by atoms with E-state index in [2.05, 4.69) is 41.8 Å². The summed E-state index contributed by atoms with van der Waals surface area (Å²) in [6.07, 6.45) is 1.38. The number of hydrogen-bond donors (Lipinski definition) is 3. The van der Waals surface area contributed by atoms with E-state index in [9.17, 15) is 9.90 Å². The smallest absolute Gasteiger partial charge is 0.262 e. The van der Waals surface area contributed by atoms with Gasteiger partial charge >= 0.3 is 0 Å². The van der Waals surface area contributed by atoms with Crippen LogP contribution in [-0.2, 0) is 11.2 Å². The molecule has 1 aliphatic heterocycles. The molecule has 0 bridgehead atoms. The minimum absolute atomic E-state index is 0.0371. The van der Waals surface area contributed by atoms with E-state index in [0.717, 1.165) is 18.4 Å². The van der Waals surface area contributed by atoms with Crippen LogP contribution >= 0.6 is 0 Å². The van der Waals surface area contributed by atoms with Gasteiger partial charge in [-0.15, -0.1) is 0 Å². The van der Waals surface area contributed by atoms with Crippen molar-refractivity contribution >= 4 is 11.6 Å². The molecule has 0 aliphatic carbocycles. The van der Waals surface area contributed by atoms with Gasteiger partial charge in [-0.3, -0.25) is 4.79 Å². The number of aliphatic hydroxyl groups excluding tert-OH is 1. The molecule has 0 saturated heterocycles. The Morgan fingerprint density at radius 1 is 1.24 bits per heavy atom. The van der Waals surface area contributed by atoms with E-state index in [1.807, 2.05) is 12.1 Å². The monoisotopic (exact) mass is 340 g/mol. The molecule has 5 heteroatoms. The highest BCUT2D eigenvalue weighted by Gasteiger charge is 2.18. The molecule has 1 aliphatic rings. The van der Waals surface area contributed by atoms with Crippen LogP contribution in [0.4, 0.5) is 5.69 Å². The van der Waals surface area contributed by atoms with Crippen LogP contribution in [0.15, 0.2) is 48.5 Å². The highest BCUT2D eigenvalue weighted by Crippen LogP contribution is 2.30. The van der Waals surface area contributed by atoms with Crippen LogP contribution in [0.2, 0.25) is 0 Å². The molecule has 0 spiro atoms. The fraction of sp³-hybridized carbons (Fsp3) is 0.350. The van der Waals surface area contributed by atoms with E-state index in [-0.39, 0.29) is 12.5 Å². The molecular formula is C20H24N2O3. The summed E-state index contributed by atoms with van der Waals surface area (Å²) in [5.41, 5.74) is 2.69. The molecule has 3 rings (SSSR count). The fourth-order valence-electron chi connectivity index (χ4n) is 2.87. The van der Waals surface area contributed by atoms with Crippen molar-refractivity contribution in [2.45, 2.75) is 31.9 Å². The van der Waals surface area contributed by atoms with Gasteiger partial charge in [0.2, 0.25) is 0 Å². The maximum absolute atomic E-state index is 11.4. The first-order valence-electron chi connectivity index (χ1n) is 8.64. The lowest BCUT2D eigenvalue weighted by molar-refractivity contribution is -0.118. The zero-order valence-corrected chi connectivity index (χ0v) is 14.4. The van der Waals surface area contributed by atoms with Gasteiger partial charge < -0.3 is 20.5 Å². The number of rotatable bonds is 7. The Morgan fingerprint density at radius 2 is 2.04 bits per heavy atom. The predicted molar refractivity (Wildman–Crippen MR) is 97.8 cm³/mol. The summed E-state index contributed by atoms with van der Waals surface area (Å²) in [4.78, 5) is 11.4. The molecule has 0 saturated carbocycles. The number of aryl methyl sites for hydroxylation is 1. The lowest BCUT2D eigenvalue weighted by atomic mass is 10.0. The standard InChI is InChI=1S/C20H24N2O3/c1-14(7-8-15-5-3-2-4-6-15)21-12-18(23)16-9-10-19-17(11-16)22-20(24)13-25-19/h2-6,9-11,14,18,21,23H,7-8,12-13H2,1H3,(H,22,24). The molecule has 2 aromatic rings. The Balaban J connectivity index is 1.49. The van der Waals surface area contributed by atoms with E-state index in [1.54, 1.807) is 12.1 Å². The second-order valence-corrected chi connectivity index (χ2v) is 6.44. The van der Waals surface area contributed by atoms with Crippen molar-refractivity contribution in [2.75, 3.05) is 18.5 Å². The first kappa shape index (κ1) is 17.5. The first-order chi connectivity index (χ1) is 12.1. The Hall–Kier alpha value is -2.37. The molecule has 0 fully saturated rings. The van der Waals surface area contributed by atoms with Crippen LogP contribution in [0.25, 0.3) is 0 Å². The number of benzene rings is 2. The summed E-state index contributed by atoms with van der Waals surface area (Å²) in [5, 5.41) is 16.5. The van der Waals surface area contributed by atoms with Crippen molar-refractivity contribution in [3.63, 3.8) is 0 Å². The minimum atomic E-state index is -0.636. The molecule has 1 amide bonds. The number of carbonyl (C=O) groups excluding carboxylic acids is 1. The van der Waals surface area contributed by atoms with Crippen LogP contribution in [-0.4, -0.2) is 30.2 Å². The number of amides is 1. The Kier molecular flexibility index (Phi) is 5.68. The fourth-order valence-corrected chi connectivity index (χ4v) is 2.87. The second kappa shape index (κ2) is 8.14. The third kappa shape index (κ3) is 4.81. The number of nitrogens with one attached hydrogen (secondary N) is 2. The van der Waals surface area contributed by atoms with Gasteiger partial charge in [-0.2, -0.15) is 0 Å².